The molecule has 0 saturated carbocycles. The number of anilines is 2. The molecule has 0 aliphatic heterocycles. The Morgan fingerprint density at radius 1 is 0.633 bits per heavy atom. The zero-order valence-electron chi connectivity index (χ0n) is 24.8. The van der Waals surface area contributed by atoms with Crippen LogP contribution in [0.25, 0.3) is 0 Å². The third kappa shape index (κ3) is 32.8. The summed E-state index contributed by atoms with van der Waals surface area (Å²) in [5.74, 6) is 0.0123. The van der Waals surface area contributed by atoms with E-state index in [2.05, 4.69) is 42.5 Å². The van der Waals surface area contributed by atoms with Crippen LogP contribution in [0.2, 0.25) is 0 Å². The SMILES string of the molecule is CC#N.O=C1C=CC(Br)=C/C1=C/Nc1ccccc1.O=C1C=CC(Br)=C/C1=C/Nc1ccccc1.O=[N+]([O-])[O-].O=[N+]([O-])[O-].O=[N+]([O-])[O-].[Er+3].[OH3+]. The summed E-state index contributed by atoms with van der Waals surface area (Å²) in [4.78, 5) is 47.8. The number of carbonyl (C=O) groups excluding carboxylic acids is 2. The number of carbonyl (C=O) groups is 2. The van der Waals surface area contributed by atoms with Gasteiger partial charge in [-0.05, 0) is 60.7 Å². The molecule has 1 radical (unpaired) electrons. The van der Waals surface area contributed by atoms with Crippen molar-refractivity contribution in [3.8, 4) is 6.07 Å². The molecule has 0 saturated heterocycles. The number of ketones is 2. The van der Waals surface area contributed by atoms with Crippen LogP contribution in [0.4, 0.5) is 11.4 Å². The van der Waals surface area contributed by atoms with Crippen molar-refractivity contribution in [2.75, 3.05) is 10.6 Å². The van der Waals surface area contributed by atoms with Crippen LogP contribution in [-0.4, -0.2) is 26.8 Å². The molecule has 5 N–H and O–H groups in total. The van der Waals surface area contributed by atoms with Crippen molar-refractivity contribution in [1.29, 1.82) is 5.26 Å². The van der Waals surface area contributed by atoms with E-state index in [1.54, 1.807) is 54.9 Å². The Hall–Kier alpha value is -4.92. The van der Waals surface area contributed by atoms with Crippen LogP contribution in [0, 0.1) is 94.6 Å². The van der Waals surface area contributed by atoms with Crippen LogP contribution in [-0.2, 0) is 15.1 Å². The van der Waals surface area contributed by atoms with Gasteiger partial charge in [0.05, 0.1) is 21.3 Å². The molecule has 0 bridgehead atoms. The summed E-state index contributed by atoms with van der Waals surface area (Å²) in [5, 5.41) is 57.7. The third-order valence-corrected chi connectivity index (χ3v) is 5.27. The Balaban J connectivity index is -0.000000287. The molecule has 0 aromatic heterocycles. The molecule has 2 aliphatic carbocycles. The van der Waals surface area contributed by atoms with Gasteiger partial charge < -0.3 is 62.1 Å². The van der Waals surface area contributed by atoms with Gasteiger partial charge in [-0.15, -0.1) is 0 Å². The number of hydrogen-bond donors (Lipinski definition) is 2. The van der Waals surface area contributed by atoms with Gasteiger partial charge in [-0.3, -0.25) is 9.59 Å². The van der Waals surface area contributed by atoms with Crippen molar-refractivity contribution in [3.63, 3.8) is 0 Å². The van der Waals surface area contributed by atoms with E-state index in [0.29, 0.717) is 11.1 Å². The topological polar surface area (TPSA) is 314 Å². The van der Waals surface area contributed by atoms with Gasteiger partial charge in [0.2, 0.25) is 0 Å². The predicted molar refractivity (Wildman–Crippen MR) is 186 cm³/mol. The zero-order chi connectivity index (χ0) is 36.2. The molecule has 0 atom stereocenters. The van der Waals surface area contributed by atoms with Crippen molar-refractivity contribution in [3.05, 3.63) is 176 Å². The maximum atomic E-state index is 11.5. The average molecular weight is 966 g/mol. The number of para-hydroxylation sites is 2. The molecule has 2 aromatic rings. The van der Waals surface area contributed by atoms with Crippen molar-refractivity contribution < 1.29 is 67.6 Å². The van der Waals surface area contributed by atoms with E-state index in [1.165, 1.54) is 6.92 Å². The Morgan fingerprint density at radius 3 is 1.12 bits per heavy atom. The summed E-state index contributed by atoms with van der Waals surface area (Å²) in [6, 6.07) is 21.2. The second-order valence-electron chi connectivity index (χ2n) is 7.57. The summed E-state index contributed by atoms with van der Waals surface area (Å²) < 4.78 is 1.79. The van der Waals surface area contributed by atoms with E-state index in [0.717, 1.165) is 20.3 Å². The molecule has 49 heavy (non-hydrogen) atoms. The van der Waals surface area contributed by atoms with Crippen LogP contribution >= 0.6 is 31.9 Å². The fraction of sp³-hybridized carbons (Fsp3) is 0.0357. The number of benzene rings is 2. The number of nitrogens with zero attached hydrogens (tertiary/aromatic N) is 4. The summed E-state index contributed by atoms with van der Waals surface area (Å²) >= 11 is 6.67. The summed E-state index contributed by atoms with van der Waals surface area (Å²) in [5.41, 5.74) is 3.19. The predicted octanol–water partition coefficient (Wildman–Crippen LogP) is 5.69. The van der Waals surface area contributed by atoms with E-state index in [1.807, 2.05) is 60.7 Å². The van der Waals surface area contributed by atoms with E-state index in [4.69, 9.17) is 51.2 Å². The van der Waals surface area contributed by atoms with Gasteiger partial charge in [-0.1, -0.05) is 68.3 Å². The number of halogens is 2. The van der Waals surface area contributed by atoms with Crippen molar-refractivity contribution in [1.82, 2.24) is 0 Å². The summed E-state index contributed by atoms with van der Waals surface area (Å²) in [6.07, 6.45) is 13.6. The number of allylic oxidation sites excluding steroid dienone is 10. The molecule has 4 rings (SSSR count). The smallest absolute Gasteiger partial charge is 0.457 e. The van der Waals surface area contributed by atoms with Crippen LogP contribution < -0.4 is 10.6 Å². The number of hydrogen-bond acceptors (Lipinski definition) is 14. The largest absolute Gasteiger partial charge is 3.00 e. The molecule has 0 fully saturated rings. The summed E-state index contributed by atoms with van der Waals surface area (Å²) in [6.45, 7) is 1.43. The molecule has 18 nitrogen and oxygen atoms in total. The number of nitrogens with one attached hydrogen (secondary N) is 2. The Bertz CT molecular complexity index is 1440. The van der Waals surface area contributed by atoms with E-state index >= 15 is 0 Å². The maximum Gasteiger partial charge on any atom is 3.00 e. The molecule has 265 valence electrons. The van der Waals surface area contributed by atoms with E-state index < -0.39 is 15.3 Å². The van der Waals surface area contributed by atoms with Crippen LogP contribution in [0.15, 0.2) is 130 Å². The molecule has 21 heteroatoms. The molecule has 0 amide bonds. The van der Waals surface area contributed by atoms with Gasteiger partial charge in [0.1, 0.15) is 0 Å². The minimum absolute atomic E-state index is 0. The average Bonchev–Trinajstić information content (AvgIpc) is 2.99. The van der Waals surface area contributed by atoms with Crippen molar-refractivity contribution in [2.24, 2.45) is 0 Å². The molecule has 0 spiro atoms. The van der Waals surface area contributed by atoms with Gasteiger partial charge >= 0.3 is 37.3 Å². The first kappa shape index (κ1) is 50.9. The van der Waals surface area contributed by atoms with E-state index in [-0.39, 0.29) is 54.3 Å². The summed E-state index contributed by atoms with van der Waals surface area (Å²) in [7, 11) is 0. The normalized spacial score (nSPS) is 13.0. The van der Waals surface area contributed by atoms with Crippen LogP contribution in [0.1, 0.15) is 6.92 Å². The van der Waals surface area contributed by atoms with Crippen molar-refractivity contribution in [2.45, 2.75) is 6.92 Å². The number of nitriles is 1. The van der Waals surface area contributed by atoms with Crippen molar-refractivity contribution >= 4 is 54.8 Å². The first-order valence-corrected chi connectivity index (χ1v) is 13.7. The minimum Gasteiger partial charge on any atom is -0.457 e. The third-order valence-electron chi connectivity index (χ3n) is 4.28. The number of rotatable bonds is 4. The molecular weight excluding hydrogens is 939 g/mol. The molecule has 0 unspecified atom stereocenters. The molecule has 0 heterocycles. The van der Waals surface area contributed by atoms with Crippen LogP contribution in [0.3, 0.4) is 0 Å². The first-order valence-electron chi connectivity index (χ1n) is 12.1. The molecular formula is C28H26Br2ErN6O12+. The van der Waals surface area contributed by atoms with Gasteiger partial charge in [-0.2, -0.15) is 5.26 Å². The molecule has 2 aromatic carbocycles. The van der Waals surface area contributed by atoms with Gasteiger partial charge in [-0.25, -0.2) is 0 Å². The monoisotopic (exact) mass is 962 g/mol. The standard InChI is InChI=1S/2C13H10BrNO.C2H3N.Er.3NO3.H2O/c2*14-11-6-7-13(16)10(8-11)9-15-12-4-2-1-3-5-12;1-2-3;;3*2-1(3)4;/h2*1-9,15H;1H3;;;;;1H2/q;;;+3;3*-1;/p+1/b2*10-9-;;;;;;. The van der Waals surface area contributed by atoms with Crippen LogP contribution in [0.5, 0.6) is 0 Å². The fourth-order valence-electron chi connectivity index (χ4n) is 2.66. The van der Waals surface area contributed by atoms with Gasteiger partial charge in [0.15, 0.2) is 11.6 Å². The van der Waals surface area contributed by atoms with E-state index in [9.17, 15) is 9.59 Å². The van der Waals surface area contributed by atoms with Gasteiger partial charge in [0.25, 0.3) is 0 Å². The Kier molecular flexibility index (Phi) is 32.9. The quantitative estimate of drug-likeness (QED) is 0.161. The second kappa shape index (κ2) is 31.7. The molecule has 2 aliphatic rings. The minimum atomic E-state index is -1.75. The fourth-order valence-corrected chi connectivity index (χ4v) is 3.41. The maximum absolute atomic E-state index is 11.5. The second-order valence-corrected chi connectivity index (χ2v) is 9.40. The Morgan fingerprint density at radius 2 is 0.878 bits per heavy atom. The Labute approximate surface area is 324 Å². The zero-order valence-corrected chi connectivity index (χ0v) is 29.8. The van der Waals surface area contributed by atoms with Gasteiger partial charge in [0, 0.05) is 50.8 Å². The first-order chi connectivity index (χ1) is 22.1.